The summed E-state index contributed by atoms with van der Waals surface area (Å²) in [7, 11) is 0. The van der Waals surface area contributed by atoms with Crippen molar-refractivity contribution < 1.29 is 9.90 Å². The molecule has 0 aromatic carbocycles. The minimum atomic E-state index is -0.808. The number of thiophene rings is 1. The van der Waals surface area contributed by atoms with E-state index in [0.717, 1.165) is 47.9 Å². The van der Waals surface area contributed by atoms with Gasteiger partial charge < -0.3 is 5.11 Å². The van der Waals surface area contributed by atoms with Crippen molar-refractivity contribution >= 4 is 27.5 Å². The van der Waals surface area contributed by atoms with Crippen LogP contribution in [0.5, 0.6) is 0 Å². The summed E-state index contributed by atoms with van der Waals surface area (Å²) < 4.78 is 0. The summed E-state index contributed by atoms with van der Waals surface area (Å²) in [6, 6.07) is 2.21. The zero-order valence-electron chi connectivity index (χ0n) is 11.7. The zero-order chi connectivity index (χ0) is 14.1. The number of carbonyl (C=O) groups is 1. The van der Waals surface area contributed by atoms with Gasteiger partial charge in [0.1, 0.15) is 9.71 Å². The van der Waals surface area contributed by atoms with Crippen LogP contribution in [0, 0.1) is 0 Å². The summed E-state index contributed by atoms with van der Waals surface area (Å²) in [4.78, 5) is 17.6. The molecule has 3 nitrogen and oxygen atoms in total. The van der Waals surface area contributed by atoms with Crippen molar-refractivity contribution in [3.8, 4) is 0 Å². The van der Waals surface area contributed by atoms with Crippen LogP contribution < -0.4 is 0 Å². The number of aromatic carboxylic acids is 1. The maximum Gasteiger partial charge on any atom is 0.346 e. The van der Waals surface area contributed by atoms with Crippen LogP contribution in [0.1, 0.15) is 59.1 Å². The van der Waals surface area contributed by atoms with Gasteiger partial charge in [0.15, 0.2) is 0 Å². The highest BCUT2D eigenvalue weighted by Gasteiger charge is 2.21. The molecule has 0 spiro atoms. The van der Waals surface area contributed by atoms with Crippen LogP contribution >= 0.6 is 11.3 Å². The van der Waals surface area contributed by atoms with E-state index in [1.54, 1.807) is 0 Å². The van der Waals surface area contributed by atoms with Crippen LogP contribution in [0.25, 0.3) is 10.2 Å². The average Bonchev–Trinajstić information content (AvgIpc) is 2.80. The van der Waals surface area contributed by atoms with Gasteiger partial charge in [0.2, 0.25) is 0 Å². The van der Waals surface area contributed by atoms with Crippen LogP contribution in [-0.4, -0.2) is 16.1 Å². The highest BCUT2D eigenvalue weighted by Crippen LogP contribution is 2.34. The Morgan fingerprint density at radius 1 is 1.40 bits per heavy atom. The Morgan fingerprint density at radius 2 is 2.20 bits per heavy atom. The second-order valence-electron chi connectivity index (χ2n) is 5.47. The Hall–Kier alpha value is -1.42. The van der Waals surface area contributed by atoms with Gasteiger partial charge in [0, 0.05) is 11.1 Å². The van der Waals surface area contributed by atoms with E-state index in [0.29, 0.717) is 4.88 Å². The molecule has 1 aliphatic rings. The monoisotopic (exact) mass is 289 g/mol. The van der Waals surface area contributed by atoms with Crippen molar-refractivity contribution in [3.05, 3.63) is 27.8 Å². The van der Waals surface area contributed by atoms with E-state index < -0.39 is 5.97 Å². The number of carboxylic acids is 1. The molecule has 0 amide bonds. The number of aryl methyl sites for hydroxylation is 3. The van der Waals surface area contributed by atoms with Gasteiger partial charge in [0.05, 0.1) is 0 Å². The van der Waals surface area contributed by atoms with Crippen molar-refractivity contribution in [1.82, 2.24) is 4.98 Å². The molecular weight excluding hydrogens is 270 g/mol. The molecule has 0 saturated carbocycles. The maximum atomic E-state index is 11.5. The van der Waals surface area contributed by atoms with E-state index in [-0.39, 0.29) is 0 Å². The summed E-state index contributed by atoms with van der Waals surface area (Å²) in [5, 5.41) is 10.5. The van der Waals surface area contributed by atoms with Crippen LogP contribution in [0.4, 0.5) is 0 Å². The normalized spacial score (nSPS) is 14.4. The summed E-state index contributed by atoms with van der Waals surface area (Å²) in [6.07, 6.45) is 7.50. The SMILES string of the molecule is CCCCc1c(C(=O)O)sc2nc3c(cc12)CCCC3. The molecule has 0 aliphatic heterocycles. The zero-order valence-corrected chi connectivity index (χ0v) is 12.6. The van der Waals surface area contributed by atoms with Crippen LogP contribution in [0.2, 0.25) is 0 Å². The Morgan fingerprint density at radius 3 is 2.95 bits per heavy atom. The Kier molecular flexibility index (Phi) is 3.74. The van der Waals surface area contributed by atoms with E-state index in [2.05, 4.69) is 13.0 Å². The molecule has 0 saturated heterocycles. The molecule has 0 radical (unpaired) electrons. The molecule has 0 unspecified atom stereocenters. The lowest BCUT2D eigenvalue weighted by Crippen LogP contribution is -2.05. The number of hydrogen-bond acceptors (Lipinski definition) is 3. The van der Waals surface area contributed by atoms with Gasteiger partial charge in [-0.05, 0) is 55.7 Å². The smallest absolute Gasteiger partial charge is 0.346 e. The highest BCUT2D eigenvalue weighted by molar-refractivity contribution is 7.20. The lowest BCUT2D eigenvalue weighted by Gasteiger charge is -2.14. The van der Waals surface area contributed by atoms with Gasteiger partial charge in [-0.15, -0.1) is 11.3 Å². The standard InChI is InChI=1S/C16H19NO2S/c1-2-3-7-11-12-9-10-6-4-5-8-13(10)17-15(12)20-14(11)16(18)19/h9H,2-8H2,1H3,(H,18,19). The number of carboxylic acid groups (broad SMARTS) is 1. The topological polar surface area (TPSA) is 50.2 Å². The molecule has 2 heterocycles. The predicted molar refractivity (Wildman–Crippen MR) is 81.8 cm³/mol. The van der Waals surface area contributed by atoms with Crippen LogP contribution in [0.15, 0.2) is 6.07 Å². The van der Waals surface area contributed by atoms with Crippen molar-refractivity contribution in [2.45, 2.75) is 51.9 Å². The quantitative estimate of drug-likeness (QED) is 0.917. The van der Waals surface area contributed by atoms with Gasteiger partial charge in [0.25, 0.3) is 0 Å². The number of unbranched alkanes of at least 4 members (excludes halogenated alkanes) is 1. The second kappa shape index (κ2) is 5.52. The fourth-order valence-electron chi connectivity index (χ4n) is 2.96. The summed E-state index contributed by atoms with van der Waals surface area (Å²) in [5.74, 6) is -0.808. The molecule has 4 heteroatoms. The first kappa shape index (κ1) is 13.6. The Bertz CT molecular complexity index is 660. The van der Waals surface area contributed by atoms with E-state index in [1.165, 1.54) is 35.4 Å². The minimum Gasteiger partial charge on any atom is -0.477 e. The lowest BCUT2D eigenvalue weighted by molar-refractivity contribution is 0.0701. The number of pyridine rings is 1. The van der Waals surface area contributed by atoms with Gasteiger partial charge >= 0.3 is 5.97 Å². The first-order valence-electron chi connectivity index (χ1n) is 7.38. The van der Waals surface area contributed by atoms with Gasteiger partial charge in [-0.3, -0.25) is 0 Å². The first-order valence-corrected chi connectivity index (χ1v) is 8.19. The molecule has 1 N–H and O–H groups in total. The fraction of sp³-hybridized carbons (Fsp3) is 0.500. The number of fused-ring (bicyclic) bond motifs is 2. The van der Waals surface area contributed by atoms with Crippen molar-refractivity contribution in [2.24, 2.45) is 0 Å². The summed E-state index contributed by atoms with van der Waals surface area (Å²) in [6.45, 7) is 2.13. The molecule has 2 aromatic rings. The van der Waals surface area contributed by atoms with Crippen LogP contribution in [0.3, 0.4) is 0 Å². The van der Waals surface area contributed by atoms with Crippen LogP contribution in [-0.2, 0) is 19.3 Å². The fourth-order valence-corrected chi connectivity index (χ4v) is 4.03. The Balaban J connectivity index is 2.16. The maximum absolute atomic E-state index is 11.5. The summed E-state index contributed by atoms with van der Waals surface area (Å²) >= 11 is 1.34. The Labute approximate surface area is 122 Å². The molecule has 2 aromatic heterocycles. The third kappa shape index (κ3) is 2.33. The van der Waals surface area contributed by atoms with E-state index in [9.17, 15) is 9.90 Å². The third-order valence-electron chi connectivity index (χ3n) is 4.04. The van der Waals surface area contributed by atoms with Gasteiger partial charge in [-0.25, -0.2) is 9.78 Å². The molecule has 0 fully saturated rings. The van der Waals surface area contributed by atoms with Gasteiger partial charge in [-0.2, -0.15) is 0 Å². The summed E-state index contributed by atoms with van der Waals surface area (Å²) in [5.41, 5.74) is 3.51. The lowest BCUT2D eigenvalue weighted by atomic mass is 9.94. The largest absolute Gasteiger partial charge is 0.477 e. The van der Waals surface area contributed by atoms with Crippen molar-refractivity contribution in [3.63, 3.8) is 0 Å². The van der Waals surface area contributed by atoms with Crippen molar-refractivity contribution in [1.29, 1.82) is 0 Å². The highest BCUT2D eigenvalue weighted by atomic mass is 32.1. The number of aromatic nitrogens is 1. The van der Waals surface area contributed by atoms with Gasteiger partial charge in [-0.1, -0.05) is 13.3 Å². The van der Waals surface area contributed by atoms with E-state index in [4.69, 9.17) is 4.98 Å². The van der Waals surface area contributed by atoms with Crippen molar-refractivity contribution in [2.75, 3.05) is 0 Å². The first-order chi connectivity index (χ1) is 9.70. The van der Waals surface area contributed by atoms with E-state index >= 15 is 0 Å². The second-order valence-corrected chi connectivity index (χ2v) is 6.47. The molecular formula is C16H19NO2S. The average molecular weight is 289 g/mol. The van der Waals surface area contributed by atoms with E-state index in [1.807, 2.05) is 0 Å². The third-order valence-corrected chi connectivity index (χ3v) is 5.17. The molecule has 20 heavy (non-hydrogen) atoms. The molecule has 0 atom stereocenters. The number of hydrogen-bond donors (Lipinski definition) is 1. The predicted octanol–water partition coefficient (Wildman–Crippen LogP) is 4.22. The minimum absolute atomic E-state index is 0.489. The molecule has 106 valence electrons. The number of rotatable bonds is 4. The molecule has 1 aliphatic carbocycles. The molecule has 3 rings (SSSR count). The molecule has 0 bridgehead atoms. The number of nitrogens with zero attached hydrogens (tertiary/aromatic N) is 1.